The third kappa shape index (κ3) is 5.77. The van der Waals surface area contributed by atoms with Crippen LogP contribution in [0.3, 0.4) is 0 Å². The summed E-state index contributed by atoms with van der Waals surface area (Å²) < 4.78 is 37.7. The van der Waals surface area contributed by atoms with Gasteiger partial charge in [-0.15, -0.1) is 0 Å². The molecule has 0 bridgehead atoms. The van der Waals surface area contributed by atoms with Crippen molar-refractivity contribution in [1.82, 2.24) is 9.62 Å². The highest BCUT2D eigenvalue weighted by Crippen LogP contribution is 2.28. The third-order valence-corrected chi connectivity index (χ3v) is 7.56. The highest BCUT2D eigenvalue weighted by atomic mass is 32.2. The molecule has 31 heavy (non-hydrogen) atoms. The molecule has 0 unspecified atom stereocenters. The second-order valence-electron chi connectivity index (χ2n) is 7.83. The number of nitrogens with one attached hydrogen (secondary N) is 1. The molecule has 0 spiro atoms. The molecule has 1 amide bonds. The minimum absolute atomic E-state index is 0.0328. The quantitative estimate of drug-likeness (QED) is 0.674. The zero-order valence-corrected chi connectivity index (χ0v) is 19.1. The molecule has 1 saturated heterocycles. The molecule has 1 aliphatic heterocycles. The van der Waals surface area contributed by atoms with Crippen LogP contribution in [0.25, 0.3) is 0 Å². The molecule has 168 valence electrons. The van der Waals surface area contributed by atoms with Crippen LogP contribution in [0.4, 0.5) is 0 Å². The van der Waals surface area contributed by atoms with Crippen LogP contribution < -0.4 is 14.8 Å². The van der Waals surface area contributed by atoms with Crippen LogP contribution in [0.2, 0.25) is 0 Å². The van der Waals surface area contributed by atoms with Crippen LogP contribution in [0.1, 0.15) is 30.4 Å². The molecule has 8 heteroatoms. The van der Waals surface area contributed by atoms with Gasteiger partial charge in [0.05, 0.1) is 19.1 Å². The zero-order chi connectivity index (χ0) is 22.4. The van der Waals surface area contributed by atoms with E-state index in [0.29, 0.717) is 55.3 Å². The van der Waals surface area contributed by atoms with Crippen molar-refractivity contribution in [3.05, 3.63) is 53.6 Å². The Hall–Kier alpha value is -2.58. The van der Waals surface area contributed by atoms with Gasteiger partial charge in [0.15, 0.2) is 11.5 Å². The lowest BCUT2D eigenvalue weighted by Gasteiger charge is -2.31. The third-order valence-electron chi connectivity index (χ3n) is 5.64. The zero-order valence-electron chi connectivity index (χ0n) is 18.3. The number of aryl methyl sites for hydroxylation is 1. The number of carbonyl (C=O) groups excluding carboxylic acids is 1. The molecule has 1 heterocycles. The minimum atomic E-state index is -3.48. The van der Waals surface area contributed by atoms with Crippen molar-refractivity contribution >= 4 is 15.9 Å². The fourth-order valence-electron chi connectivity index (χ4n) is 3.74. The molecular formula is C23H30N2O5S. The molecule has 3 rings (SSSR count). The highest BCUT2D eigenvalue weighted by Gasteiger charge is 2.30. The molecule has 1 aliphatic rings. The van der Waals surface area contributed by atoms with E-state index in [1.54, 1.807) is 26.4 Å². The van der Waals surface area contributed by atoms with Crippen molar-refractivity contribution in [2.75, 3.05) is 27.3 Å². The van der Waals surface area contributed by atoms with Gasteiger partial charge in [0, 0.05) is 26.1 Å². The lowest BCUT2D eigenvalue weighted by molar-refractivity contribution is -0.122. The molecule has 0 radical (unpaired) electrons. The van der Waals surface area contributed by atoms with E-state index in [0.717, 1.165) is 11.1 Å². The molecule has 1 N–H and O–H groups in total. The number of rotatable bonds is 8. The average molecular weight is 447 g/mol. The first-order chi connectivity index (χ1) is 14.8. The van der Waals surface area contributed by atoms with Crippen LogP contribution in [-0.4, -0.2) is 45.9 Å². The van der Waals surface area contributed by atoms with Crippen LogP contribution in [0.15, 0.2) is 47.4 Å². The highest BCUT2D eigenvalue weighted by molar-refractivity contribution is 7.89. The molecule has 0 aliphatic carbocycles. The van der Waals surface area contributed by atoms with Gasteiger partial charge in [-0.2, -0.15) is 4.31 Å². The molecule has 7 nitrogen and oxygen atoms in total. The standard InChI is InChI=1S/C23H30N2O5S/c1-17-4-7-20(8-5-17)31(27,28)25-12-10-18(11-13-25)15-23(26)24-16-19-6-9-21(29-2)22(14-19)30-3/h4-9,14,18H,10-13,15-16H2,1-3H3,(H,24,26). The maximum Gasteiger partial charge on any atom is 0.243 e. The van der Waals surface area contributed by atoms with Crippen molar-refractivity contribution in [3.8, 4) is 11.5 Å². The van der Waals surface area contributed by atoms with E-state index in [1.807, 2.05) is 37.3 Å². The first-order valence-electron chi connectivity index (χ1n) is 10.4. The summed E-state index contributed by atoms with van der Waals surface area (Å²) in [4.78, 5) is 12.7. The van der Waals surface area contributed by atoms with Crippen LogP contribution >= 0.6 is 0 Å². The number of nitrogens with zero attached hydrogens (tertiary/aromatic N) is 1. The first kappa shape index (κ1) is 23.1. The molecule has 1 fully saturated rings. The Morgan fingerprint density at radius 3 is 2.29 bits per heavy atom. The predicted octanol–water partition coefficient (Wildman–Crippen LogP) is 3.12. The number of methoxy groups -OCH3 is 2. The second kappa shape index (κ2) is 10.2. The summed E-state index contributed by atoms with van der Waals surface area (Å²) in [6.07, 6.45) is 1.75. The summed E-state index contributed by atoms with van der Waals surface area (Å²) >= 11 is 0. The molecular weight excluding hydrogens is 416 g/mol. The van der Waals surface area contributed by atoms with E-state index in [2.05, 4.69) is 5.32 Å². The lowest BCUT2D eigenvalue weighted by atomic mass is 9.94. The van der Waals surface area contributed by atoms with Crippen molar-refractivity contribution in [2.45, 2.75) is 37.6 Å². The summed E-state index contributed by atoms with van der Waals surface area (Å²) in [5.74, 6) is 1.41. The van der Waals surface area contributed by atoms with Gasteiger partial charge in [-0.3, -0.25) is 4.79 Å². The van der Waals surface area contributed by atoms with Gasteiger partial charge < -0.3 is 14.8 Å². The average Bonchev–Trinajstić information content (AvgIpc) is 2.78. The molecule has 2 aromatic carbocycles. The minimum Gasteiger partial charge on any atom is -0.493 e. The van der Waals surface area contributed by atoms with Crippen molar-refractivity contribution in [2.24, 2.45) is 5.92 Å². The van der Waals surface area contributed by atoms with Crippen LogP contribution in [0, 0.1) is 12.8 Å². The molecule has 0 aromatic heterocycles. The summed E-state index contributed by atoms with van der Waals surface area (Å²) in [6, 6.07) is 12.5. The first-order valence-corrected chi connectivity index (χ1v) is 11.8. The Bertz CT molecular complexity index is 997. The van der Waals surface area contributed by atoms with E-state index in [-0.39, 0.29) is 11.8 Å². The number of hydrogen-bond acceptors (Lipinski definition) is 5. The van der Waals surface area contributed by atoms with Crippen LogP contribution in [0.5, 0.6) is 11.5 Å². The number of carbonyl (C=O) groups is 1. The Balaban J connectivity index is 1.48. The van der Waals surface area contributed by atoms with Crippen molar-refractivity contribution in [3.63, 3.8) is 0 Å². The largest absolute Gasteiger partial charge is 0.493 e. The van der Waals surface area contributed by atoms with Gasteiger partial charge in [0.2, 0.25) is 15.9 Å². The van der Waals surface area contributed by atoms with Gasteiger partial charge in [0.25, 0.3) is 0 Å². The van der Waals surface area contributed by atoms with Gasteiger partial charge in [0.1, 0.15) is 0 Å². The van der Waals surface area contributed by atoms with Gasteiger partial charge in [-0.1, -0.05) is 23.8 Å². The van der Waals surface area contributed by atoms with E-state index >= 15 is 0 Å². The smallest absolute Gasteiger partial charge is 0.243 e. The van der Waals surface area contributed by atoms with Gasteiger partial charge in [-0.05, 0) is 55.5 Å². The number of hydrogen-bond donors (Lipinski definition) is 1. The van der Waals surface area contributed by atoms with E-state index < -0.39 is 10.0 Å². The Labute approximate surface area is 184 Å². The fourth-order valence-corrected chi connectivity index (χ4v) is 5.21. The second-order valence-corrected chi connectivity index (χ2v) is 9.77. The molecule has 0 atom stereocenters. The summed E-state index contributed by atoms with van der Waals surface area (Å²) in [5, 5.41) is 2.94. The summed E-state index contributed by atoms with van der Waals surface area (Å²) in [7, 11) is -0.324. The maximum atomic E-state index is 12.8. The van der Waals surface area contributed by atoms with E-state index in [4.69, 9.17) is 9.47 Å². The summed E-state index contributed by atoms with van der Waals surface area (Å²) in [5.41, 5.74) is 1.95. The monoisotopic (exact) mass is 446 g/mol. The fraction of sp³-hybridized carbons (Fsp3) is 0.435. The molecule has 0 saturated carbocycles. The van der Waals surface area contributed by atoms with Gasteiger partial charge in [-0.25, -0.2) is 8.42 Å². The number of ether oxygens (including phenoxy) is 2. The number of piperidine rings is 1. The van der Waals surface area contributed by atoms with E-state index in [9.17, 15) is 13.2 Å². The van der Waals surface area contributed by atoms with Crippen molar-refractivity contribution in [1.29, 1.82) is 0 Å². The summed E-state index contributed by atoms with van der Waals surface area (Å²) in [6.45, 7) is 3.20. The van der Waals surface area contributed by atoms with E-state index in [1.165, 1.54) is 4.31 Å². The van der Waals surface area contributed by atoms with Gasteiger partial charge >= 0.3 is 0 Å². The predicted molar refractivity (Wildman–Crippen MR) is 119 cm³/mol. The normalized spacial score (nSPS) is 15.5. The topological polar surface area (TPSA) is 84.9 Å². The molecule has 2 aromatic rings. The number of amides is 1. The SMILES string of the molecule is COc1ccc(CNC(=O)CC2CCN(S(=O)(=O)c3ccc(C)cc3)CC2)cc1OC. The Morgan fingerprint density at radius 2 is 1.68 bits per heavy atom. The van der Waals surface area contributed by atoms with Crippen LogP contribution in [-0.2, 0) is 21.4 Å². The maximum absolute atomic E-state index is 12.8. The lowest BCUT2D eigenvalue weighted by Crippen LogP contribution is -2.39. The Kier molecular flexibility index (Phi) is 7.56. The Morgan fingerprint density at radius 1 is 1.03 bits per heavy atom. The van der Waals surface area contributed by atoms with Crippen molar-refractivity contribution < 1.29 is 22.7 Å². The number of benzene rings is 2. The number of sulfonamides is 1.